The number of halogens is 3. The van der Waals surface area contributed by atoms with Gasteiger partial charge in [0.05, 0.1) is 18.3 Å². The molecule has 4 amide bonds. The van der Waals surface area contributed by atoms with Crippen LogP contribution in [0.1, 0.15) is 57.7 Å². The van der Waals surface area contributed by atoms with Gasteiger partial charge in [-0.1, -0.05) is 13.8 Å². The summed E-state index contributed by atoms with van der Waals surface area (Å²) >= 11 is 0. The van der Waals surface area contributed by atoms with Gasteiger partial charge in [-0.3, -0.25) is 19.2 Å². The first kappa shape index (κ1) is 28.4. The predicted octanol–water partition coefficient (Wildman–Crippen LogP) is 1.47. The number of hydrogen-bond donors (Lipinski definition) is 2. The SMILES string of the molecule is CC(C)C[C@@H](C(=O)N1C[C@]2(C[C@H]1C#N)C(=O)Nc1c3c(nn12)CCCC3)N(C)C(=O)C(C)NC(=O)C(F)(F)F. The van der Waals surface area contributed by atoms with Crippen molar-refractivity contribution in [3.05, 3.63) is 11.3 Å². The molecule has 1 fully saturated rings. The maximum absolute atomic E-state index is 13.9. The van der Waals surface area contributed by atoms with Gasteiger partial charge in [0.2, 0.25) is 11.8 Å². The van der Waals surface area contributed by atoms with Gasteiger partial charge in [-0.15, -0.1) is 0 Å². The number of alkyl halides is 3. The average Bonchev–Trinajstić information content (AvgIpc) is 3.52. The van der Waals surface area contributed by atoms with Crippen LogP contribution in [0.4, 0.5) is 19.0 Å². The number of nitrogens with zero attached hydrogens (tertiary/aromatic N) is 5. The summed E-state index contributed by atoms with van der Waals surface area (Å²) in [4.78, 5) is 53.8. The number of hydrogen-bond acceptors (Lipinski definition) is 6. The molecule has 2 aliphatic heterocycles. The summed E-state index contributed by atoms with van der Waals surface area (Å²) in [5.74, 6) is -3.63. The number of likely N-dealkylation sites (N-methyl/N-ethyl adjacent to an activating group) is 1. The van der Waals surface area contributed by atoms with Crippen LogP contribution in [-0.2, 0) is 37.6 Å². The number of anilines is 1. The van der Waals surface area contributed by atoms with Crippen LogP contribution in [-0.4, -0.2) is 81.1 Å². The van der Waals surface area contributed by atoms with Gasteiger partial charge in [0.25, 0.3) is 5.91 Å². The molecule has 11 nitrogen and oxygen atoms in total. The first-order valence-corrected chi connectivity index (χ1v) is 13.0. The van der Waals surface area contributed by atoms with Crippen LogP contribution in [0.25, 0.3) is 0 Å². The van der Waals surface area contributed by atoms with Gasteiger partial charge in [0.15, 0.2) is 5.54 Å². The number of likely N-dealkylation sites (tertiary alicyclic amines) is 1. The highest BCUT2D eigenvalue weighted by atomic mass is 19.4. The van der Waals surface area contributed by atoms with Crippen molar-refractivity contribution in [1.82, 2.24) is 24.9 Å². The number of amides is 4. The van der Waals surface area contributed by atoms with Crippen molar-refractivity contribution in [1.29, 1.82) is 5.26 Å². The molecule has 1 aromatic heterocycles. The third-order valence-electron chi connectivity index (χ3n) is 7.76. The van der Waals surface area contributed by atoms with Crippen molar-refractivity contribution in [3.8, 4) is 6.07 Å². The predicted molar refractivity (Wildman–Crippen MR) is 131 cm³/mol. The third-order valence-corrected chi connectivity index (χ3v) is 7.76. The third kappa shape index (κ3) is 4.94. The van der Waals surface area contributed by atoms with E-state index in [0.717, 1.165) is 48.8 Å². The summed E-state index contributed by atoms with van der Waals surface area (Å²) in [6.45, 7) is 4.59. The summed E-state index contributed by atoms with van der Waals surface area (Å²) in [6, 6.07) is -1.58. The van der Waals surface area contributed by atoms with Gasteiger partial charge in [0, 0.05) is 19.0 Å². The van der Waals surface area contributed by atoms with E-state index in [9.17, 15) is 37.6 Å². The topological polar surface area (TPSA) is 140 Å². The number of nitrogens with one attached hydrogen (secondary N) is 2. The number of nitriles is 1. The lowest BCUT2D eigenvalue weighted by molar-refractivity contribution is -0.175. The Morgan fingerprint density at radius 3 is 2.54 bits per heavy atom. The van der Waals surface area contributed by atoms with Gasteiger partial charge >= 0.3 is 12.1 Å². The fraction of sp³-hybridized carbons (Fsp3) is 0.680. The number of rotatable bonds is 6. The molecule has 1 saturated heterocycles. The monoisotopic (exact) mass is 551 g/mol. The molecule has 212 valence electrons. The van der Waals surface area contributed by atoms with Crippen LogP contribution in [0.3, 0.4) is 0 Å². The lowest BCUT2D eigenvalue weighted by Crippen LogP contribution is -2.56. The number of aryl methyl sites for hydroxylation is 1. The molecule has 14 heteroatoms. The van der Waals surface area contributed by atoms with Crippen LogP contribution < -0.4 is 10.6 Å². The number of carbonyl (C=O) groups is 4. The van der Waals surface area contributed by atoms with Crippen molar-refractivity contribution >= 4 is 29.4 Å². The van der Waals surface area contributed by atoms with E-state index in [1.54, 1.807) is 10.00 Å². The molecular formula is C25H32F3N7O4. The van der Waals surface area contributed by atoms with Gasteiger partial charge in [0.1, 0.15) is 23.9 Å². The first-order chi connectivity index (χ1) is 18.2. The largest absolute Gasteiger partial charge is 0.471 e. The smallest absolute Gasteiger partial charge is 0.337 e. The molecule has 1 aliphatic carbocycles. The highest BCUT2D eigenvalue weighted by Gasteiger charge is 2.58. The standard InChI is InChI=1S/C25H32F3N7O4/c1-13(2)9-18(33(4)20(36)14(3)30-23(39)25(26,27)28)21(37)34-12-24(10-15(34)11-29)22(38)31-19-16-7-5-6-8-17(16)32-35(19)24/h13-15,18H,5-10,12H2,1-4H3,(H,30,39)(H,31,38)/t14?,15-,18-,24+/m0/s1. The Balaban J connectivity index is 1.60. The van der Waals surface area contributed by atoms with Crippen LogP contribution in [0.15, 0.2) is 0 Å². The van der Waals surface area contributed by atoms with E-state index in [2.05, 4.69) is 11.4 Å². The molecule has 1 spiro atoms. The normalized spacial score (nSPS) is 23.6. The summed E-state index contributed by atoms with van der Waals surface area (Å²) in [6.07, 6.45) is -1.50. The Morgan fingerprint density at radius 1 is 1.26 bits per heavy atom. The molecular weight excluding hydrogens is 519 g/mol. The Labute approximate surface area is 223 Å². The quantitative estimate of drug-likeness (QED) is 0.549. The van der Waals surface area contributed by atoms with E-state index in [4.69, 9.17) is 5.10 Å². The second-order valence-electron chi connectivity index (χ2n) is 11.0. The molecule has 0 bridgehead atoms. The van der Waals surface area contributed by atoms with Gasteiger partial charge in [-0.05, 0) is 44.9 Å². The molecule has 1 aromatic rings. The molecule has 39 heavy (non-hydrogen) atoms. The van der Waals surface area contributed by atoms with Gasteiger partial charge < -0.3 is 20.4 Å². The van der Waals surface area contributed by atoms with E-state index < -0.39 is 47.6 Å². The number of aromatic nitrogens is 2. The average molecular weight is 552 g/mol. The fourth-order valence-corrected chi connectivity index (χ4v) is 5.72. The minimum atomic E-state index is -5.17. The molecule has 2 N–H and O–H groups in total. The molecule has 0 aromatic carbocycles. The number of carbonyl (C=O) groups excluding carboxylic acids is 4. The molecule has 3 aliphatic rings. The Hall–Kier alpha value is -3.63. The van der Waals surface area contributed by atoms with Crippen molar-refractivity contribution in [3.63, 3.8) is 0 Å². The van der Waals surface area contributed by atoms with Gasteiger partial charge in [-0.25, -0.2) is 4.68 Å². The van der Waals surface area contributed by atoms with Crippen molar-refractivity contribution in [2.24, 2.45) is 5.92 Å². The van der Waals surface area contributed by atoms with Crippen molar-refractivity contribution in [2.45, 2.75) is 89.1 Å². The molecule has 4 rings (SSSR count). The van der Waals surface area contributed by atoms with Crippen LogP contribution in [0.2, 0.25) is 0 Å². The Morgan fingerprint density at radius 2 is 1.92 bits per heavy atom. The molecule has 3 heterocycles. The van der Waals surface area contributed by atoms with E-state index in [1.807, 2.05) is 13.8 Å². The zero-order chi connectivity index (χ0) is 28.9. The van der Waals surface area contributed by atoms with Crippen molar-refractivity contribution < 1.29 is 32.3 Å². The molecule has 0 saturated carbocycles. The van der Waals surface area contributed by atoms with E-state index in [0.29, 0.717) is 5.82 Å². The zero-order valence-corrected chi connectivity index (χ0v) is 22.3. The highest BCUT2D eigenvalue weighted by molar-refractivity contribution is 6.02. The van der Waals surface area contributed by atoms with E-state index in [1.165, 1.54) is 11.9 Å². The Kier molecular flexibility index (Phi) is 7.39. The van der Waals surface area contributed by atoms with Crippen LogP contribution in [0, 0.1) is 17.2 Å². The first-order valence-electron chi connectivity index (χ1n) is 13.0. The summed E-state index contributed by atoms with van der Waals surface area (Å²) < 4.78 is 39.7. The zero-order valence-electron chi connectivity index (χ0n) is 22.3. The summed E-state index contributed by atoms with van der Waals surface area (Å²) in [5, 5.41) is 19.2. The Bertz CT molecular complexity index is 1240. The molecule has 4 atom stereocenters. The van der Waals surface area contributed by atoms with Crippen LogP contribution in [0.5, 0.6) is 0 Å². The number of fused-ring (bicyclic) bond motifs is 4. The molecule has 1 unspecified atom stereocenters. The van der Waals surface area contributed by atoms with Crippen molar-refractivity contribution in [2.75, 3.05) is 18.9 Å². The maximum atomic E-state index is 13.9. The van der Waals surface area contributed by atoms with Gasteiger partial charge in [-0.2, -0.15) is 23.5 Å². The fourth-order valence-electron chi connectivity index (χ4n) is 5.72. The lowest BCUT2D eigenvalue weighted by atomic mass is 9.96. The molecule has 0 radical (unpaired) electrons. The highest BCUT2D eigenvalue weighted by Crippen LogP contribution is 2.44. The second kappa shape index (κ2) is 10.2. The lowest BCUT2D eigenvalue weighted by Gasteiger charge is -2.34. The van der Waals surface area contributed by atoms with E-state index >= 15 is 0 Å². The minimum absolute atomic E-state index is 0.0126. The second-order valence-corrected chi connectivity index (χ2v) is 11.0. The van der Waals surface area contributed by atoms with E-state index in [-0.39, 0.29) is 31.2 Å². The summed E-state index contributed by atoms with van der Waals surface area (Å²) in [7, 11) is 1.28. The summed E-state index contributed by atoms with van der Waals surface area (Å²) in [5.41, 5.74) is 0.594. The van der Waals surface area contributed by atoms with Crippen LogP contribution >= 0.6 is 0 Å². The minimum Gasteiger partial charge on any atom is -0.337 e. The maximum Gasteiger partial charge on any atom is 0.471 e.